The second-order valence-corrected chi connectivity index (χ2v) is 6.14. The van der Waals surface area contributed by atoms with E-state index in [0.717, 1.165) is 18.0 Å². The third-order valence-electron chi connectivity index (χ3n) is 4.69. The fraction of sp³-hybridized carbons (Fsp3) is 0.625. The molecule has 0 bridgehead atoms. The Kier molecular flexibility index (Phi) is 3.17. The van der Waals surface area contributed by atoms with Gasteiger partial charge in [-0.15, -0.1) is 0 Å². The second kappa shape index (κ2) is 4.71. The maximum Gasteiger partial charge on any atom is 0.231 e. The lowest BCUT2D eigenvalue weighted by molar-refractivity contribution is 0.174. The average Bonchev–Trinajstić information content (AvgIpc) is 3.06. The van der Waals surface area contributed by atoms with Crippen LogP contribution in [0.3, 0.4) is 0 Å². The smallest absolute Gasteiger partial charge is 0.231 e. The number of fused-ring (bicyclic) bond motifs is 1. The molecule has 0 radical (unpaired) electrons. The Labute approximate surface area is 115 Å². The molecule has 0 aromatic heterocycles. The van der Waals surface area contributed by atoms with Crippen molar-refractivity contribution in [2.24, 2.45) is 5.73 Å². The van der Waals surface area contributed by atoms with E-state index >= 15 is 0 Å². The lowest BCUT2D eigenvalue weighted by Gasteiger charge is -2.31. The highest BCUT2D eigenvalue weighted by Crippen LogP contribution is 2.47. The maximum absolute atomic E-state index is 6.14. The predicted molar refractivity (Wildman–Crippen MR) is 75.9 cm³/mol. The molecule has 0 saturated heterocycles. The highest BCUT2D eigenvalue weighted by atomic mass is 16.7. The van der Waals surface area contributed by atoms with E-state index in [1.54, 1.807) is 0 Å². The summed E-state index contributed by atoms with van der Waals surface area (Å²) in [6.45, 7) is 5.54. The van der Waals surface area contributed by atoms with Crippen molar-refractivity contribution in [3.8, 4) is 11.5 Å². The van der Waals surface area contributed by atoms with Crippen LogP contribution < -0.4 is 15.2 Å². The molecule has 0 amide bonds. The van der Waals surface area contributed by atoms with E-state index < -0.39 is 0 Å². The minimum Gasteiger partial charge on any atom is -0.454 e. The Hall–Kier alpha value is -1.22. The van der Waals surface area contributed by atoms with Crippen molar-refractivity contribution < 1.29 is 9.47 Å². The van der Waals surface area contributed by atoms with Crippen molar-refractivity contribution in [1.29, 1.82) is 0 Å². The highest BCUT2D eigenvalue weighted by molar-refractivity contribution is 5.52. The summed E-state index contributed by atoms with van der Waals surface area (Å²) in [6, 6.07) is 4.36. The minimum atomic E-state index is 0.153. The summed E-state index contributed by atoms with van der Waals surface area (Å²) >= 11 is 0. The van der Waals surface area contributed by atoms with Gasteiger partial charge in [-0.1, -0.05) is 26.7 Å². The molecule has 1 aromatic carbocycles. The molecule has 0 spiro atoms. The summed E-state index contributed by atoms with van der Waals surface area (Å²) < 4.78 is 11.1. The standard InChI is InChI=1S/C16H23NO2/c1-11(2)12-7-14-15(19-10-18-14)8-13(12)16(9-17)5-3-4-6-16/h7-8,11H,3-6,9-10,17H2,1-2H3. The van der Waals surface area contributed by atoms with Crippen LogP contribution in [-0.2, 0) is 5.41 Å². The van der Waals surface area contributed by atoms with Crippen LogP contribution in [0.25, 0.3) is 0 Å². The third-order valence-corrected chi connectivity index (χ3v) is 4.69. The summed E-state index contributed by atoms with van der Waals surface area (Å²) in [5.74, 6) is 2.25. The van der Waals surface area contributed by atoms with Gasteiger partial charge >= 0.3 is 0 Å². The Bertz CT molecular complexity index is 476. The van der Waals surface area contributed by atoms with Crippen LogP contribution in [0.4, 0.5) is 0 Å². The zero-order valence-electron chi connectivity index (χ0n) is 11.9. The van der Waals surface area contributed by atoms with Gasteiger partial charge in [0, 0.05) is 12.0 Å². The third kappa shape index (κ3) is 2.00. The first-order chi connectivity index (χ1) is 9.16. The molecule has 1 aromatic rings. The quantitative estimate of drug-likeness (QED) is 0.908. The molecule has 3 heteroatoms. The van der Waals surface area contributed by atoms with Crippen LogP contribution >= 0.6 is 0 Å². The van der Waals surface area contributed by atoms with E-state index in [1.807, 2.05) is 0 Å². The van der Waals surface area contributed by atoms with Crippen molar-refractivity contribution in [3.63, 3.8) is 0 Å². The maximum atomic E-state index is 6.14. The van der Waals surface area contributed by atoms with Crippen LogP contribution in [0.2, 0.25) is 0 Å². The van der Waals surface area contributed by atoms with E-state index in [4.69, 9.17) is 15.2 Å². The fourth-order valence-electron chi connectivity index (χ4n) is 3.53. The van der Waals surface area contributed by atoms with Crippen molar-refractivity contribution in [1.82, 2.24) is 0 Å². The second-order valence-electron chi connectivity index (χ2n) is 6.14. The van der Waals surface area contributed by atoms with Crippen LogP contribution in [0.5, 0.6) is 11.5 Å². The fourth-order valence-corrected chi connectivity index (χ4v) is 3.53. The molecule has 3 nitrogen and oxygen atoms in total. The van der Waals surface area contributed by atoms with Gasteiger partial charge in [0.2, 0.25) is 6.79 Å². The van der Waals surface area contributed by atoms with Gasteiger partial charge in [0.15, 0.2) is 11.5 Å². The summed E-state index contributed by atoms with van der Waals surface area (Å²) in [7, 11) is 0. The van der Waals surface area contributed by atoms with E-state index in [9.17, 15) is 0 Å². The summed E-state index contributed by atoms with van der Waals surface area (Å²) in [4.78, 5) is 0. The average molecular weight is 261 g/mol. The van der Waals surface area contributed by atoms with Gasteiger partial charge in [-0.2, -0.15) is 0 Å². The zero-order valence-corrected chi connectivity index (χ0v) is 11.9. The Morgan fingerprint density at radius 3 is 2.37 bits per heavy atom. The van der Waals surface area contributed by atoms with Crippen molar-refractivity contribution in [2.75, 3.05) is 13.3 Å². The molecule has 19 heavy (non-hydrogen) atoms. The molecule has 1 heterocycles. The monoisotopic (exact) mass is 261 g/mol. The van der Waals surface area contributed by atoms with Crippen LogP contribution in [0, 0.1) is 0 Å². The highest BCUT2D eigenvalue weighted by Gasteiger charge is 2.37. The van der Waals surface area contributed by atoms with E-state index in [2.05, 4.69) is 26.0 Å². The number of nitrogens with two attached hydrogens (primary N) is 1. The molecular weight excluding hydrogens is 238 g/mol. The van der Waals surface area contributed by atoms with Crippen LogP contribution in [0.1, 0.15) is 56.6 Å². The molecular formula is C16H23NO2. The first kappa shape index (κ1) is 12.8. The normalized spacial score (nSPS) is 20.2. The SMILES string of the molecule is CC(C)c1cc2c(cc1C1(CN)CCCC1)OCO2. The predicted octanol–water partition coefficient (Wildman–Crippen LogP) is 3.31. The zero-order chi connectivity index (χ0) is 13.5. The molecule has 1 aliphatic heterocycles. The Morgan fingerprint density at radius 1 is 1.16 bits per heavy atom. The largest absolute Gasteiger partial charge is 0.454 e. The van der Waals surface area contributed by atoms with Crippen molar-refractivity contribution in [2.45, 2.75) is 50.9 Å². The lowest BCUT2D eigenvalue weighted by Crippen LogP contribution is -2.33. The molecule has 2 N–H and O–H groups in total. The van der Waals surface area contributed by atoms with Gasteiger partial charge in [-0.25, -0.2) is 0 Å². The van der Waals surface area contributed by atoms with Gasteiger partial charge in [-0.3, -0.25) is 0 Å². The molecule has 2 aliphatic rings. The number of hydrogen-bond donors (Lipinski definition) is 1. The van der Waals surface area contributed by atoms with E-state index in [1.165, 1.54) is 36.8 Å². The molecule has 3 rings (SSSR count). The van der Waals surface area contributed by atoms with E-state index in [-0.39, 0.29) is 5.41 Å². The van der Waals surface area contributed by atoms with Crippen LogP contribution in [0.15, 0.2) is 12.1 Å². The Balaban J connectivity index is 2.13. The summed E-state index contributed by atoms with van der Waals surface area (Å²) in [5.41, 5.74) is 9.06. The lowest BCUT2D eigenvalue weighted by atomic mass is 9.74. The van der Waals surface area contributed by atoms with Gasteiger partial charge < -0.3 is 15.2 Å². The molecule has 1 saturated carbocycles. The van der Waals surface area contributed by atoms with Gasteiger partial charge in [0.05, 0.1) is 0 Å². The number of ether oxygens (including phenoxy) is 2. The van der Waals surface area contributed by atoms with Crippen molar-refractivity contribution in [3.05, 3.63) is 23.3 Å². The van der Waals surface area contributed by atoms with Gasteiger partial charge in [-0.05, 0) is 42.0 Å². The molecule has 1 aliphatic carbocycles. The minimum absolute atomic E-state index is 0.153. The topological polar surface area (TPSA) is 44.5 Å². The first-order valence-electron chi connectivity index (χ1n) is 7.30. The van der Waals surface area contributed by atoms with Crippen LogP contribution in [-0.4, -0.2) is 13.3 Å². The number of rotatable bonds is 3. The summed E-state index contributed by atoms with van der Waals surface area (Å²) in [6.07, 6.45) is 4.96. The van der Waals surface area contributed by atoms with Gasteiger partial charge in [0.1, 0.15) is 0 Å². The van der Waals surface area contributed by atoms with Gasteiger partial charge in [0.25, 0.3) is 0 Å². The number of hydrogen-bond acceptors (Lipinski definition) is 3. The van der Waals surface area contributed by atoms with Crippen molar-refractivity contribution >= 4 is 0 Å². The number of benzene rings is 1. The Morgan fingerprint density at radius 2 is 1.79 bits per heavy atom. The molecule has 0 atom stereocenters. The summed E-state index contributed by atoms with van der Waals surface area (Å²) in [5, 5.41) is 0. The molecule has 1 fully saturated rings. The molecule has 0 unspecified atom stereocenters. The first-order valence-corrected chi connectivity index (χ1v) is 7.30. The van der Waals surface area contributed by atoms with E-state index in [0.29, 0.717) is 12.7 Å². The molecule has 104 valence electrons.